The van der Waals surface area contributed by atoms with E-state index in [1.165, 1.54) is 33.8 Å². The Morgan fingerprint density at radius 1 is 1.41 bits per heavy atom. The van der Waals surface area contributed by atoms with Crippen LogP contribution in [-0.4, -0.2) is 28.7 Å². The van der Waals surface area contributed by atoms with E-state index in [0.717, 1.165) is 18.9 Å². The van der Waals surface area contributed by atoms with Gasteiger partial charge in [0.05, 0.1) is 16.4 Å². The molecule has 1 aromatic carbocycles. The van der Waals surface area contributed by atoms with Crippen molar-refractivity contribution in [3.8, 4) is 0 Å². The van der Waals surface area contributed by atoms with Crippen LogP contribution in [0.2, 0.25) is 0 Å². The standard InChI is InChI=1S/C13H13N3O4S2/c17-16(18)11-2-1-3-12(8-11)22(19,20)15(10-4-5-10)9-13-14-6-7-21-13/h1-3,6-8,10H,4-5,9H2. The Bertz CT molecular complexity index is 785. The van der Waals surface area contributed by atoms with Gasteiger partial charge in [-0.25, -0.2) is 13.4 Å². The minimum Gasteiger partial charge on any atom is -0.258 e. The van der Waals surface area contributed by atoms with Crippen LogP contribution >= 0.6 is 11.3 Å². The van der Waals surface area contributed by atoms with E-state index in [4.69, 9.17) is 0 Å². The van der Waals surface area contributed by atoms with Gasteiger partial charge in [0.1, 0.15) is 5.01 Å². The molecule has 3 rings (SSSR count). The van der Waals surface area contributed by atoms with Crippen molar-refractivity contribution >= 4 is 27.0 Å². The van der Waals surface area contributed by atoms with Gasteiger partial charge in [-0.05, 0) is 18.9 Å². The van der Waals surface area contributed by atoms with Crippen LogP contribution in [0.15, 0.2) is 40.7 Å². The van der Waals surface area contributed by atoms with Gasteiger partial charge in [0.25, 0.3) is 5.69 Å². The van der Waals surface area contributed by atoms with E-state index in [9.17, 15) is 18.5 Å². The fourth-order valence-electron chi connectivity index (χ4n) is 2.13. The maximum Gasteiger partial charge on any atom is 0.270 e. The summed E-state index contributed by atoms with van der Waals surface area (Å²) < 4.78 is 27.0. The van der Waals surface area contributed by atoms with Gasteiger partial charge in [0.15, 0.2) is 0 Å². The second-order valence-corrected chi connectivity index (χ2v) is 7.83. The van der Waals surface area contributed by atoms with E-state index in [1.807, 2.05) is 0 Å². The molecule has 0 atom stereocenters. The molecule has 2 aromatic rings. The molecule has 1 saturated carbocycles. The number of rotatable bonds is 6. The lowest BCUT2D eigenvalue weighted by atomic mass is 10.3. The minimum atomic E-state index is -3.77. The summed E-state index contributed by atoms with van der Waals surface area (Å²) in [5.41, 5.74) is -0.230. The number of nitrogens with zero attached hydrogens (tertiary/aromatic N) is 3. The second kappa shape index (κ2) is 5.75. The van der Waals surface area contributed by atoms with Crippen molar-refractivity contribution in [3.63, 3.8) is 0 Å². The highest BCUT2D eigenvalue weighted by atomic mass is 32.2. The highest BCUT2D eigenvalue weighted by molar-refractivity contribution is 7.89. The molecule has 0 N–H and O–H groups in total. The SMILES string of the molecule is O=[N+]([O-])c1cccc(S(=O)(=O)N(Cc2nccs2)C2CC2)c1. The van der Waals surface area contributed by atoms with Gasteiger partial charge in [-0.3, -0.25) is 10.1 Å². The van der Waals surface area contributed by atoms with Gasteiger partial charge in [0, 0.05) is 29.8 Å². The number of sulfonamides is 1. The molecule has 7 nitrogen and oxygen atoms in total. The number of benzene rings is 1. The Morgan fingerprint density at radius 2 is 2.18 bits per heavy atom. The maximum absolute atomic E-state index is 12.8. The third-order valence-corrected chi connectivity index (χ3v) is 6.02. The molecule has 0 radical (unpaired) electrons. The van der Waals surface area contributed by atoms with Crippen LogP contribution in [0, 0.1) is 10.1 Å². The minimum absolute atomic E-state index is 0.0480. The number of thiazole rings is 1. The normalized spacial score (nSPS) is 15.1. The molecule has 1 fully saturated rings. The molecule has 1 aromatic heterocycles. The van der Waals surface area contributed by atoms with Crippen molar-refractivity contribution in [2.24, 2.45) is 0 Å². The monoisotopic (exact) mass is 339 g/mol. The zero-order valence-electron chi connectivity index (χ0n) is 11.5. The number of aromatic nitrogens is 1. The Morgan fingerprint density at radius 3 is 2.77 bits per heavy atom. The summed E-state index contributed by atoms with van der Waals surface area (Å²) >= 11 is 1.39. The Balaban J connectivity index is 1.95. The number of nitro benzene ring substituents is 1. The molecule has 0 spiro atoms. The number of hydrogen-bond donors (Lipinski definition) is 0. The van der Waals surface area contributed by atoms with Crippen LogP contribution in [0.1, 0.15) is 17.8 Å². The fourth-order valence-corrected chi connectivity index (χ4v) is 4.51. The van der Waals surface area contributed by atoms with Crippen LogP contribution in [0.4, 0.5) is 5.69 Å². The van der Waals surface area contributed by atoms with Crippen molar-refractivity contribution < 1.29 is 13.3 Å². The van der Waals surface area contributed by atoms with Crippen molar-refractivity contribution in [2.75, 3.05) is 0 Å². The molecule has 9 heteroatoms. The van der Waals surface area contributed by atoms with E-state index < -0.39 is 14.9 Å². The summed E-state index contributed by atoms with van der Waals surface area (Å²) in [6.07, 6.45) is 3.24. The third-order valence-electron chi connectivity index (χ3n) is 3.36. The van der Waals surface area contributed by atoms with Crippen LogP contribution < -0.4 is 0 Å². The first-order valence-electron chi connectivity index (χ1n) is 6.63. The van der Waals surface area contributed by atoms with E-state index in [0.29, 0.717) is 5.01 Å². The number of non-ortho nitro benzene ring substituents is 1. The Hall–Kier alpha value is -1.84. The first kappa shape index (κ1) is 15.1. The first-order valence-corrected chi connectivity index (χ1v) is 8.95. The average Bonchev–Trinajstić information content (AvgIpc) is 3.20. The lowest BCUT2D eigenvalue weighted by Gasteiger charge is -2.20. The molecule has 1 aliphatic carbocycles. The summed E-state index contributed by atoms with van der Waals surface area (Å²) in [5, 5.41) is 13.3. The van der Waals surface area contributed by atoms with E-state index in [2.05, 4.69) is 4.98 Å². The van der Waals surface area contributed by atoms with Gasteiger partial charge in [-0.15, -0.1) is 11.3 Å². The third kappa shape index (κ3) is 3.01. The zero-order chi connectivity index (χ0) is 15.7. The molecule has 22 heavy (non-hydrogen) atoms. The van der Waals surface area contributed by atoms with Gasteiger partial charge in [-0.1, -0.05) is 6.07 Å². The maximum atomic E-state index is 12.8. The molecule has 1 aliphatic rings. The molecule has 0 bridgehead atoms. The molecule has 0 amide bonds. The van der Waals surface area contributed by atoms with Crippen LogP contribution in [0.25, 0.3) is 0 Å². The van der Waals surface area contributed by atoms with Gasteiger partial charge >= 0.3 is 0 Å². The van der Waals surface area contributed by atoms with Gasteiger partial charge in [-0.2, -0.15) is 4.31 Å². The quantitative estimate of drug-likeness (QED) is 0.595. The number of nitro groups is 1. The van der Waals surface area contributed by atoms with Crippen molar-refractivity contribution in [1.82, 2.24) is 9.29 Å². The first-order chi connectivity index (χ1) is 10.5. The summed E-state index contributed by atoms with van der Waals surface area (Å²) in [6, 6.07) is 5.11. The predicted octanol–water partition coefficient (Wildman–Crippen LogP) is 2.40. The Labute approximate surface area is 131 Å². The molecular weight excluding hydrogens is 326 g/mol. The lowest BCUT2D eigenvalue weighted by molar-refractivity contribution is -0.385. The summed E-state index contributed by atoms with van der Waals surface area (Å²) in [4.78, 5) is 14.3. The highest BCUT2D eigenvalue weighted by Gasteiger charge is 2.38. The highest BCUT2D eigenvalue weighted by Crippen LogP contribution is 2.34. The fraction of sp³-hybridized carbons (Fsp3) is 0.308. The predicted molar refractivity (Wildman–Crippen MR) is 81.0 cm³/mol. The molecule has 0 unspecified atom stereocenters. The molecule has 116 valence electrons. The van der Waals surface area contributed by atoms with Crippen LogP contribution in [-0.2, 0) is 16.6 Å². The summed E-state index contributed by atoms with van der Waals surface area (Å²) in [5.74, 6) is 0. The molecule has 0 saturated heterocycles. The van der Waals surface area contributed by atoms with E-state index in [-0.39, 0.29) is 23.2 Å². The van der Waals surface area contributed by atoms with E-state index in [1.54, 1.807) is 11.6 Å². The molecule has 0 aliphatic heterocycles. The smallest absolute Gasteiger partial charge is 0.258 e. The van der Waals surface area contributed by atoms with Crippen molar-refractivity contribution in [3.05, 3.63) is 51.0 Å². The summed E-state index contributed by atoms with van der Waals surface area (Å²) in [6.45, 7) is 0.202. The zero-order valence-corrected chi connectivity index (χ0v) is 13.1. The lowest BCUT2D eigenvalue weighted by Crippen LogP contribution is -2.32. The van der Waals surface area contributed by atoms with Gasteiger partial charge < -0.3 is 0 Å². The molecular formula is C13H13N3O4S2. The second-order valence-electron chi connectivity index (χ2n) is 4.96. The van der Waals surface area contributed by atoms with Crippen LogP contribution in [0.3, 0.4) is 0 Å². The molecule has 1 heterocycles. The summed E-state index contributed by atoms with van der Waals surface area (Å²) in [7, 11) is -3.77. The Kier molecular flexibility index (Phi) is 3.94. The van der Waals surface area contributed by atoms with E-state index >= 15 is 0 Å². The van der Waals surface area contributed by atoms with Gasteiger partial charge in [0.2, 0.25) is 10.0 Å². The average molecular weight is 339 g/mol. The van der Waals surface area contributed by atoms with Crippen molar-refractivity contribution in [1.29, 1.82) is 0 Å². The largest absolute Gasteiger partial charge is 0.270 e. The van der Waals surface area contributed by atoms with Crippen LogP contribution in [0.5, 0.6) is 0 Å². The van der Waals surface area contributed by atoms with Crippen molar-refractivity contribution in [2.45, 2.75) is 30.3 Å². The topological polar surface area (TPSA) is 93.4 Å². The number of hydrogen-bond acceptors (Lipinski definition) is 6.